The molecule has 0 aromatic heterocycles. The molecule has 230 valence electrons. The summed E-state index contributed by atoms with van der Waals surface area (Å²) in [6.07, 6.45) is 4.28. The predicted molar refractivity (Wildman–Crippen MR) is 167 cm³/mol. The van der Waals surface area contributed by atoms with Gasteiger partial charge in [-0.25, -0.2) is 8.42 Å². The SMILES string of the molecule is CC[C@H](C(=O)NC1CCCC1)N(Cc1ccccc1)C(=O)CN(c1ccc(Cl)cc1)S(=O)(=O)c1ccc(OC)c(OC)c1. The third kappa shape index (κ3) is 7.80. The van der Waals surface area contributed by atoms with Gasteiger partial charge >= 0.3 is 0 Å². The van der Waals surface area contributed by atoms with Gasteiger partial charge in [-0.05, 0) is 61.2 Å². The van der Waals surface area contributed by atoms with Crippen LogP contribution in [0.5, 0.6) is 11.5 Å². The highest BCUT2D eigenvalue weighted by molar-refractivity contribution is 7.92. The van der Waals surface area contributed by atoms with E-state index in [9.17, 15) is 18.0 Å². The maximum atomic E-state index is 14.2. The Morgan fingerprint density at radius 1 is 0.953 bits per heavy atom. The summed E-state index contributed by atoms with van der Waals surface area (Å²) in [5.74, 6) is -0.161. The number of nitrogens with zero attached hydrogens (tertiary/aromatic N) is 2. The molecule has 9 nitrogen and oxygen atoms in total. The number of benzene rings is 3. The molecule has 3 aromatic carbocycles. The van der Waals surface area contributed by atoms with Crippen molar-refractivity contribution in [2.75, 3.05) is 25.1 Å². The Kier molecular flexibility index (Phi) is 10.9. The van der Waals surface area contributed by atoms with Gasteiger partial charge in [0, 0.05) is 23.7 Å². The van der Waals surface area contributed by atoms with E-state index in [0.717, 1.165) is 35.6 Å². The Balaban J connectivity index is 1.72. The van der Waals surface area contributed by atoms with E-state index in [1.54, 1.807) is 24.3 Å². The highest BCUT2D eigenvalue weighted by Gasteiger charge is 2.35. The lowest BCUT2D eigenvalue weighted by Crippen LogP contribution is -2.53. The van der Waals surface area contributed by atoms with Crippen LogP contribution in [0.4, 0.5) is 5.69 Å². The molecule has 0 spiro atoms. The molecule has 0 radical (unpaired) electrons. The summed E-state index contributed by atoms with van der Waals surface area (Å²) in [5, 5.41) is 3.53. The molecular weight excluding hydrogens is 590 g/mol. The van der Waals surface area contributed by atoms with Crippen molar-refractivity contribution < 1.29 is 27.5 Å². The zero-order chi connectivity index (χ0) is 31.0. The van der Waals surface area contributed by atoms with Crippen LogP contribution in [0.15, 0.2) is 77.7 Å². The second-order valence-electron chi connectivity index (χ2n) is 10.4. The molecule has 0 bridgehead atoms. The van der Waals surface area contributed by atoms with E-state index in [1.165, 1.54) is 37.3 Å². The van der Waals surface area contributed by atoms with Crippen LogP contribution in [0.3, 0.4) is 0 Å². The normalized spacial score (nSPS) is 14.1. The molecule has 1 aliphatic carbocycles. The van der Waals surface area contributed by atoms with E-state index < -0.39 is 28.5 Å². The van der Waals surface area contributed by atoms with E-state index in [0.29, 0.717) is 17.2 Å². The highest BCUT2D eigenvalue weighted by atomic mass is 35.5. The van der Waals surface area contributed by atoms with Crippen molar-refractivity contribution in [3.8, 4) is 11.5 Å². The minimum atomic E-state index is -4.29. The van der Waals surface area contributed by atoms with Crippen molar-refractivity contribution in [1.82, 2.24) is 10.2 Å². The first-order chi connectivity index (χ1) is 20.7. The molecule has 0 saturated heterocycles. The largest absolute Gasteiger partial charge is 0.493 e. The van der Waals surface area contributed by atoms with E-state index in [4.69, 9.17) is 21.1 Å². The average Bonchev–Trinajstić information content (AvgIpc) is 3.53. The lowest BCUT2D eigenvalue weighted by Gasteiger charge is -2.33. The van der Waals surface area contributed by atoms with Gasteiger partial charge in [-0.15, -0.1) is 0 Å². The molecule has 1 saturated carbocycles. The lowest BCUT2D eigenvalue weighted by molar-refractivity contribution is -0.140. The van der Waals surface area contributed by atoms with Gasteiger partial charge in [-0.2, -0.15) is 0 Å². The van der Waals surface area contributed by atoms with Gasteiger partial charge in [0.15, 0.2) is 11.5 Å². The molecule has 43 heavy (non-hydrogen) atoms. The summed E-state index contributed by atoms with van der Waals surface area (Å²) in [4.78, 5) is 29.1. The molecule has 2 amide bonds. The summed E-state index contributed by atoms with van der Waals surface area (Å²) in [6.45, 7) is 1.45. The number of hydrogen-bond acceptors (Lipinski definition) is 6. The fraction of sp³-hybridized carbons (Fsp3) is 0.375. The number of amides is 2. The second-order valence-corrected chi connectivity index (χ2v) is 12.7. The average molecular weight is 628 g/mol. The molecule has 11 heteroatoms. The predicted octanol–water partition coefficient (Wildman–Crippen LogP) is 5.42. The van der Waals surface area contributed by atoms with Gasteiger partial charge in [0.2, 0.25) is 11.8 Å². The summed E-state index contributed by atoms with van der Waals surface area (Å²) >= 11 is 6.11. The standard InChI is InChI=1S/C32H38ClN3O6S/c1-4-28(32(38)34-25-12-8-9-13-25)35(21-23-10-6-5-7-11-23)31(37)22-36(26-16-14-24(33)15-17-26)43(39,40)27-18-19-29(41-2)30(20-27)42-3/h5-7,10-11,14-20,25,28H,4,8-9,12-13,21-22H2,1-3H3,(H,34,38)/t28-/m1/s1. The number of nitrogens with one attached hydrogen (secondary N) is 1. The summed E-state index contributed by atoms with van der Waals surface area (Å²) < 4.78 is 40.0. The molecule has 0 unspecified atom stereocenters. The Labute approximate surface area is 258 Å². The van der Waals surface area contributed by atoms with Crippen LogP contribution in [-0.2, 0) is 26.2 Å². The Hall–Kier alpha value is -3.76. The van der Waals surface area contributed by atoms with Crippen LogP contribution in [0.2, 0.25) is 5.02 Å². The third-order valence-electron chi connectivity index (χ3n) is 7.62. The number of sulfonamides is 1. The van der Waals surface area contributed by atoms with Crippen molar-refractivity contribution in [1.29, 1.82) is 0 Å². The van der Waals surface area contributed by atoms with Crippen molar-refractivity contribution in [2.45, 2.75) is 62.6 Å². The van der Waals surface area contributed by atoms with Gasteiger partial charge in [-0.1, -0.05) is 61.7 Å². The fourth-order valence-electron chi connectivity index (χ4n) is 5.31. The molecular formula is C32H38ClN3O6S. The van der Waals surface area contributed by atoms with Crippen molar-refractivity contribution in [2.24, 2.45) is 0 Å². The number of ether oxygens (including phenoxy) is 2. The van der Waals surface area contributed by atoms with Gasteiger partial charge in [0.25, 0.3) is 10.0 Å². The van der Waals surface area contributed by atoms with Gasteiger partial charge in [0.1, 0.15) is 12.6 Å². The summed E-state index contributed by atoms with van der Waals surface area (Å²) in [7, 11) is -1.42. The molecule has 1 atom stereocenters. The van der Waals surface area contributed by atoms with E-state index in [2.05, 4.69) is 5.32 Å². The fourth-order valence-corrected chi connectivity index (χ4v) is 6.86. The van der Waals surface area contributed by atoms with Crippen LogP contribution in [-0.4, -0.2) is 58.0 Å². The van der Waals surface area contributed by atoms with E-state index in [1.807, 2.05) is 37.3 Å². The number of hydrogen-bond donors (Lipinski definition) is 1. The number of carbonyl (C=O) groups excluding carboxylic acids is 2. The highest BCUT2D eigenvalue weighted by Crippen LogP contribution is 2.33. The smallest absolute Gasteiger partial charge is 0.264 e. The summed E-state index contributed by atoms with van der Waals surface area (Å²) in [6, 6.07) is 19.1. The third-order valence-corrected chi connectivity index (χ3v) is 9.64. The number of rotatable bonds is 13. The Bertz CT molecular complexity index is 1500. The maximum Gasteiger partial charge on any atom is 0.264 e. The molecule has 0 heterocycles. The Morgan fingerprint density at radius 2 is 1.60 bits per heavy atom. The quantitative estimate of drug-likeness (QED) is 0.271. The number of carbonyl (C=O) groups is 2. The first kappa shape index (κ1) is 32.2. The van der Waals surface area contributed by atoms with Gasteiger partial charge in [0.05, 0.1) is 24.8 Å². The van der Waals surface area contributed by atoms with Crippen LogP contribution >= 0.6 is 11.6 Å². The monoisotopic (exact) mass is 627 g/mol. The van der Waals surface area contributed by atoms with Crippen molar-refractivity contribution in [3.05, 3.63) is 83.4 Å². The maximum absolute atomic E-state index is 14.2. The number of methoxy groups -OCH3 is 2. The van der Waals surface area contributed by atoms with Crippen LogP contribution < -0.4 is 19.1 Å². The molecule has 4 rings (SSSR count). The molecule has 0 aliphatic heterocycles. The molecule has 1 aliphatic rings. The van der Waals surface area contributed by atoms with Crippen molar-refractivity contribution >= 4 is 39.1 Å². The van der Waals surface area contributed by atoms with E-state index in [-0.39, 0.29) is 34.8 Å². The lowest BCUT2D eigenvalue weighted by atomic mass is 10.1. The molecule has 1 fully saturated rings. The first-order valence-electron chi connectivity index (χ1n) is 14.3. The number of halogens is 1. The zero-order valence-corrected chi connectivity index (χ0v) is 26.2. The van der Waals surface area contributed by atoms with Gasteiger partial charge < -0.3 is 19.7 Å². The van der Waals surface area contributed by atoms with Gasteiger partial charge in [-0.3, -0.25) is 13.9 Å². The molecule has 1 N–H and O–H groups in total. The van der Waals surface area contributed by atoms with E-state index >= 15 is 0 Å². The van der Waals surface area contributed by atoms with Crippen LogP contribution in [0, 0.1) is 0 Å². The Morgan fingerprint density at radius 3 is 2.21 bits per heavy atom. The molecule has 3 aromatic rings. The van der Waals surface area contributed by atoms with Crippen molar-refractivity contribution in [3.63, 3.8) is 0 Å². The topological polar surface area (TPSA) is 105 Å². The van der Waals surface area contributed by atoms with Crippen LogP contribution in [0.1, 0.15) is 44.6 Å². The van der Waals surface area contributed by atoms with Crippen LogP contribution in [0.25, 0.3) is 0 Å². The zero-order valence-electron chi connectivity index (χ0n) is 24.7. The first-order valence-corrected chi connectivity index (χ1v) is 16.1. The second kappa shape index (κ2) is 14.6. The minimum absolute atomic E-state index is 0.0752. The minimum Gasteiger partial charge on any atom is -0.493 e. The number of anilines is 1. The summed E-state index contributed by atoms with van der Waals surface area (Å²) in [5.41, 5.74) is 1.07.